The molecule has 2 heteroatoms. The first-order valence-corrected chi connectivity index (χ1v) is 3.40. The summed E-state index contributed by atoms with van der Waals surface area (Å²) in [5, 5.41) is 0. The fourth-order valence-corrected chi connectivity index (χ4v) is 1.52. The predicted molar refractivity (Wildman–Crippen MR) is 35.1 cm³/mol. The van der Waals surface area contributed by atoms with E-state index >= 15 is 0 Å². The second-order valence-corrected chi connectivity index (χ2v) is 2.68. The van der Waals surface area contributed by atoms with Crippen LogP contribution < -0.4 is 0 Å². The van der Waals surface area contributed by atoms with Crippen LogP contribution in [0.5, 0.6) is 0 Å². The molecule has 0 aliphatic carbocycles. The number of nitrogens with zero attached hydrogens (tertiary/aromatic N) is 2. The highest BCUT2D eigenvalue weighted by Gasteiger charge is 2.21. The number of hydrogen-bond donors (Lipinski definition) is 0. The SMILES string of the molecule is C1CN2CCN1CC2.[H+].[H+]. The van der Waals surface area contributed by atoms with Crippen molar-refractivity contribution in [3.05, 3.63) is 0 Å². The maximum absolute atomic E-state index is 2.54. The minimum atomic E-state index is 0. The van der Waals surface area contributed by atoms with Gasteiger partial charge in [-0.3, -0.25) is 9.80 Å². The van der Waals surface area contributed by atoms with Crippen LogP contribution in [0, 0.1) is 0 Å². The number of rotatable bonds is 0. The van der Waals surface area contributed by atoms with E-state index in [9.17, 15) is 0 Å². The second-order valence-electron chi connectivity index (χ2n) is 2.68. The van der Waals surface area contributed by atoms with Crippen molar-refractivity contribution >= 4 is 0 Å². The summed E-state index contributed by atoms with van der Waals surface area (Å²) in [6.45, 7) is 7.92. The highest BCUT2D eigenvalue weighted by Crippen LogP contribution is 2.06. The molecule has 0 radical (unpaired) electrons. The molecule has 0 aromatic rings. The lowest BCUT2D eigenvalue weighted by atomic mass is 10.2. The quantitative estimate of drug-likeness (QED) is 0.432. The van der Waals surface area contributed by atoms with Gasteiger partial charge in [-0.25, -0.2) is 0 Å². The third kappa shape index (κ3) is 0.644. The van der Waals surface area contributed by atoms with Crippen molar-refractivity contribution in [3.63, 3.8) is 0 Å². The van der Waals surface area contributed by atoms with Crippen molar-refractivity contribution in [2.45, 2.75) is 0 Å². The minimum absolute atomic E-state index is 0. The molecule has 3 rings (SSSR count). The average molecular weight is 114 g/mol. The maximum Gasteiger partial charge on any atom is 1.00 e. The zero-order valence-corrected chi connectivity index (χ0v) is 5.14. The summed E-state index contributed by atoms with van der Waals surface area (Å²) in [7, 11) is 0. The van der Waals surface area contributed by atoms with Gasteiger partial charge in [0, 0.05) is 39.3 Å². The van der Waals surface area contributed by atoms with Crippen LogP contribution in [0.2, 0.25) is 0 Å². The van der Waals surface area contributed by atoms with Crippen molar-refractivity contribution in [3.8, 4) is 0 Å². The average Bonchev–Trinajstić information content (AvgIpc) is 1.92. The topological polar surface area (TPSA) is 6.48 Å². The van der Waals surface area contributed by atoms with E-state index < -0.39 is 0 Å². The lowest BCUT2D eigenvalue weighted by Crippen LogP contribution is -2.55. The van der Waals surface area contributed by atoms with E-state index in [0.29, 0.717) is 0 Å². The third-order valence-corrected chi connectivity index (χ3v) is 2.20. The van der Waals surface area contributed by atoms with E-state index in [4.69, 9.17) is 0 Å². The molecule has 3 saturated heterocycles. The van der Waals surface area contributed by atoms with Crippen molar-refractivity contribution in [2.75, 3.05) is 39.3 Å². The van der Waals surface area contributed by atoms with Gasteiger partial charge in [0.1, 0.15) is 0 Å². The fourth-order valence-electron chi connectivity index (χ4n) is 1.52. The molecule has 3 aliphatic rings. The van der Waals surface area contributed by atoms with Crippen molar-refractivity contribution in [1.29, 1.82) is 0 Å². The number of piperazine rings is 3. The maximum atomic E-state index is 2.54. The van der Waals surface area contributed by atoms with Gasteiger partial charge in [0.2, 0.25) is 0 Å². The minimum Gasteiger partial charge on any atom is -0.300 e. The summed E-state index contributed by atoms with van der Waals surface area (Å²) in [6.07, 6.45) is 0. The van der Waals surface area contributed by atoms with Gasteiger partial charge in [-0.15, -0.1) is 0 Å². The molecule has 0 aromatic carbocycles. The Morgan fingerprint density at radius 1 is 0.625 bits per heavy atom. The molecule has 0 spiro atoms. The molecule has 2 nitrogen and oxygen atoms in total. The Hall–Kier alpha value is -0.0800. The van der Waals surface area contributed by atoms with E-state index in [0.717, 1.165) is 0 Å². The molecule has 0 saturated carbocycles. The summed E-state index contributed by atoms with van der Waals surface area (Å²) in [4.78, 5) is 5.08. The Kier molecular flexibility index (Phi) is 1.02. The van der Waals surface area contributed by atoms with Gasteiger partial charge in [-0.05, 0) is 0 Å². The Morgan fingerprint density at radius 2 is 0.875 bits per heavy atom. The molecule has 0 amide bonds. The number of hydrogen-bond acceptors (Lipinski definition) is 2. The monoisotopic (exact) mass is 114 g/mol. The predicted octanol–water partition coefficient (Wildman–Crippen LogP) is -0.157. The Labute approximate surface area is 53.0 Å². The normalized spacial score (nSPS) is 45.0. The molecule has 0 N–H and O–H groups in total. The molecular weight excluding hydrogens is 100 g/mol. The van der Waals surface area contributed by atoms with Gasteiger partial charge in [0.05, 0.1) is 0 Å². The van der Waals surface area contributed by atoms with Crippen molar-refractivity contribution in [2.24, 2.45) is 0 Å². The van der Waals surface area contributed by atoms with E-state index in [2.05, 4.69) is 9.80 Å². The van der Waals surface area contributed by atoms with Gasteiger partial charge in [0.15, 0.2) is 0 Å². The van der Waals surface area contributed by atoms with E-state index in [-0.39, 0.29) is 2.85 Å². The highest BCUT2D eigenvalue weighted by atomic mass is 15.3. The van der Waals surface area contributed by atoms with Gasteiger partial charge < -0.3 is 0 Å². The van der Waals surface area contributed by atoms with Crippen LogP contribution >= 0.6 is 0 Å². The van der Waals surface area contributed by atoms with Crippen LogP contribution in [0.15, 0.2) is 0 Å². The third-order valence-electron chi connectivity index (χ3n) is 2.20. The molecule has 0 aromatic heterocycles. The fraction of sp³-hybridized carbons (Fsp3) is 1.00. The summed E-state index contributed by atoms with van der Waals surface area (Å²) >= 11 is 0. The molecule has 3 fully saturated rings. The van der Waals surface area contributed by atoms with E-state index in [1.54, 1.807) is 0 Å². The first-order valence-electron chi connectivity index (χ1n) is 3.40. The van der Waals surface area contributed by atoms with Crippen molar-refractivity contribution in [1.82, 2.24) is 9.80 Å². The smallest absolute Gasteiger partial charge is 0.300 e. The molecule has 0 atom stereocenters. The first kappa shape index (κ1) is 4.77. The largest absolute Gasteiger partial charge is 1.00 e. The van der Waals surface area contributed by atoms with Gasteiger partial charge in [-0.2, -0.15) is 0 Å². The molecule has 3 aliphatic heterocycles. The van der Waals surface area contributed by atoms with E-state index in [1.165, 1.54) is 39.3 Å². The molecule has 2 bridgehead atoms. The summed E-state index contributed by atoms with van der Waals surface area (Å²) < 4.78 is 0. The first-order chi connectivity index (χ1) is 3.95. The molecule has 46 valence electrons. The summed E-state index contributed by atoms with van der Waals surface area (Å²) in [5.41, 5.74) is 0. The van der Waals surface area contributed by atoms with Gasteiger partial charge in [0.25, 0.3) is 0 Å². The zero-order valence-electron chi connectivity index (χ0n) is 7.14. The molecular formula is C6H14N2+2. The summed E-state index contributed by atoms with van der Waals surface area (Å²) in [5.74, 6) is 0. The molecule has 3 heterocycles. The van der Waals surface area contributed by atoms with Crippen LogP contribution in [-0.4, -0.2) is 49.1 Å². The van der Waals surface area contributed by atoms with Crippen LogP contribution in [0.4, 0.5) is 0 Å². The number of fused-ring (bicyclic) bond motifs is 3. The van der Waals surface area contributed by atoms with Crippen molar-refractivity contribution < 1.29 is 2.85 Å². The van der Waals surface area contributed by atoms with Crippen LogP contribution in [-0.2, 0) is 0 Å². The Bertz CT molecular complexity index is 68.7. The highest BCUT2D eigenvalue weighted by molar-refractivity contribution is 4.78. The van der Waals surface area contributed by atoms with Gasteiger partial charge >= 0.3 is 2.85 Å². The molecule has 0 unspecified atom stereocenters. The summed E-state index contributed by atoms with van der Waals surface area (Å²) in [6, 6.07) is 0. The second kappa shape index (κ2) is 1.71. The van der Waals surface area contributed by atoms with Gasteiger partial charge in [-0.1, -0.05) is 0 Å². The Balaban J connectivity index is 0.000000405. The van der Waals surface area contributed by atoms with Crippen LogP contribution in [0.1, 0.15) is 2.85 Å². The zero-order chi connectivity index (χ0) is 5.40. The molecule has 8 heavy (non-hydrogen) atoms. The van der Waals surface area contributed by atoms with E-state index in [1.807, 2.05) is 0 Å². The standard InChI is InChI=1S/C6H12N2/c1-2-8-5-3-7(1)4-6-8/h1-6H2/p+2. The lowest BCUT2D eigenvalue weighted by molar-refractivity contribution is 0.0647. The van der Waals surface area contributed by atoms with Crippen LogP contribution in [0.3, 0.4) is 0 Å². The lowest BCUT2D eigenvalue weighted by Gasteiger charge is -2.41. The Morgan fingerprint density at radius 3 is 1.00 bits per heavy atom. The van der Waals surface area contributed by atoms with Crippen LogP contribution in [0.25, 0.3) is 0 Å².